The Bertz CT molecular complexity index is 1340. The molecule has 4 atom stereocenters. The zero-order valence-electron chi connectivity index (χ0n) is 23.0. The molecule has 0 amide bonds. The fourth-order valence-corrected chi connectivity index (χ4v) is 5.57. The number of imidazole rings is 1. The number of ether oxygens (including phenoxy) is 2. The lowest BCUT2D eigenvalue weighted by Crippen LogP contribution is -2.41. The molecule has 0 spiro atoms. The second-order valence-electron chi connectivity index (χ2n) is 10.9. The SMILES string of the molecule is C=C(Cc1ccccc1)Nc1nc(NC)c2ncn([C@@H]3O[C@H](COC(=O)CC4CCCCC4)[C@@H](O)[C@@]3(C)F)c2n1. The first kappa shape index (κ1) is 28.0. The van der Waals surface area contributed by atoms with Crippen LogP contribution in [0, 0.1) is 5.92 Å². The molecular formula is C29H37FN6O4. The van der Waals surface area contributed by atoms with Gasteiger partial charge in [0, 0.05) is 25.6 Å². The Balaban J connectivity index is 1.32. The Kier molecular flexibility index (Phi) is 8.32. The number of rotatable bonds is 10. The normalized spacial score (nSPS) is 25.1. The summed E-state index contributed by atoms with van der Waals surface area (Å²) >= 11 is 0. The van der Waals surface area contributed by atoms with Crippen LogP contribution in [0.3, 0.4) is 0 Å². The van der Waals surface area contributed by atoms with Crippen molar-refractivity contribution >= 4 is 28.9 Å². The van der Waals surface area contributed by atoms with Gasteiger partial charge in [0.25, 0.3) is 0 Å². The van der Waals surface area contributed by atoms with Gasteiger partial charge >= 0.3 is 5.97 Å². The lowest BCUT2D eigenvalue weighted by atomic mass is 9.87. The number of fused-ring (bicyclic) bond motifs is 1. The van der Waals surface area contributed by atoms with Gasteiger partial charge in [0.1, 0.15) is 18.8 Å². The fourth-order valence-electron chi connectivity index (χ4n) is 5.57. The van der Waals surface area contributed by atoms with Crippen LogP contribution >= 0.6 is 0 Å². The van der Waals surface area contributed by atoms with Crippen molar-refractivity contribution < 1.29 is 23.8 Å². The maximum atomic E-state index is 16.0. The number of nitrogens with one attached hydrogen (secondary N) is 2. The number of alkyl halides is 1. The van der Waals surface area contributed by atoms with E-state index in [2.05, 4.69) is 32.2 Å². The van der Waals surface area contributed by atoms with Crippen molar-refractivity contribution in [2.24, 2.45) is 5.92 Å². The van der Waals surface area contributed by atoms with Gasteiger partial charge in [0.05, 0.1) is 6.33 Å². The van der Waals surface area contributed by atoms with E-state index in [1.165, 1.54) is 24.2 Å². The highest BCUT2D eigenvalue weighted by Gasteiger charge is 2.55. The van der Waals surface area contributed by atoms with Gasteiger partial charge in [-0.1, -0.05) is 56.2 Å². The minimum absolute atomic E-state index is 0.238. The highest BCUT2D eigenvalue weighted by atomic mass is 19.1. The molecule has 10 nitrogen and oxygen atoms in total. The van der Waals surface area contributed by atoms with Gasteiger partial charge in [-0.25, -0.2) is 9.37 Å². The summed E-state index contributed by atoms with van der Waals surface area (Å²) in [7, 11) is 1.70. The minimum Gasteiger partial charge on any atom is -0.463 e. The molecule has 2 aromatic heterocycles. The van der Waals surface area contributed by atoms with Crippen molar-refractivity contribution in [2.75, 3.05) is 24.3 Å². The molecule has 1 aliphatic heterocycles. The standard InChI is InChI=1S/C29H37FN6O4/c1-18(14-19-10-6-4-7-11-19)33-28-34-25(31-3)23-26(35-28)36(17-32-23)27-29(2,30)24(38)21(40-27)16-39-22(37)15-20-12-8-5-9-13-20/h4,6-7,10-11,17,20-21,24,27,38H,1,5,8-9,12-16H2,2-3H3,(H2,31,33,34,35)/t21-,24-,27-,29-/m1/s1. The number of hydrogen-bond acceptors (Lipinski definition) is 9. The molecule has 2 aliphatic rings. The van der Waals surface area contributed by atoms with E-state index in [1.54, 1.807) is 7.05 Å². The molecule has 1 aliphatic carbocycles. The van der Waals surface area contributed by atoms with Gasteiger partial charge in [-0.3, -0.25) is 9.36 Å². The molecule has 1 aromatic carbocycles. The number of carbonyl (C=O) groups is 1. The molecule has 2 fully saturated rings. The fraction of sp³-hybridized carbons (Fsp3) is 0.517. The maximum Gasteiger partial charge on any atom is 0.306 e. The number of allylic oxidation sites excluding steroid dienone is 1. The molecule has 40 heavy (non-hydrogen) atoms. The predicted molar refractivity (Wildman–Crippen MR) is 149 cm³/mol. The Morgan fingerprint density at radius 3 is 2.73 bits per heavy atom. The number of aliphatic hydroxyl groups excluding tert-OH is 1. The Hall–Kier alpha value is -3.57. The highest BCUT2D eigenvalue weighted by Crippen LogP contribution is 2.43. The van der Waals surface area contributed by atoms with Crippen molar-refractivity contribution in [1.82, 2.24) is 19.5 Å². The van der Waals surface area contributed by atoms with E-state index >= 15 is 4.39 Å². The number of hydrogen-bond donors (Lipinski definition) is 3. The van der Waals surface area contributed by atoms with Gasteiger partial charge in [-0.15, -0.1) is 0 Å². The molecule has 11 heteroatoms. The third-order valence-corrected chi connectivity index (χ3v) is 7.77. The van der Waals surface area contributed by atoms with E-state index in [9.17, 15) is 9.90 Å². The number of aliphatic hydroxyl groups is 1. The van der Waals surface area contributed by atoms with Gasteiger partial charge in [-0.05, 0) is 31.2 Å². The third-order valence-electron chi connectivity index (χ3n) is 7.77. The van der Waals surface area contributed by atoms with E-state index in [4.69, 9.17) is 9.47 Å². The van der Waals surface area contributed by atoms with Crippen LogP contribution in [0.1, 0.15) is 57.2 Å². The van der Waals surface area contributed by atoms with Crippen LogP contribution in [-0.2, 0) is 20.7 Å². The monoisotopic (exact) mass is 552 g/mol. The summed E-state index contributed by atoms with van der Waals surface area (Å²) in [6.45, 7) is 5.11. The van der Waals surface area contributed by atoms with Crippen molar-refractivity contribution in [3.8, 4) is 0 Å². The molecule has 3 heterocycles. The molecule has 214 valence electrons. The topological polar surface area (TPSA) is 123 Å². The highest BCUT2D eigenvalue weighted by molar-refractivity contribution is 5.84. The first-order valence-corrected chi connectivity index (χ1v) is 13.9. The Morgan fingerprint density at radius 2 is 2.00 bits per heavy atom. The van der Waals surface area contributed by atoms with E-state index in [1.807, 2.05) is 30.3 Å². The van der Waals surface area contributed by atoms with Crippen LogP contribution in [0.2, 0.25) is 0 Å². The molecule has 0 bridgehead atoms. The summed E-state index contributed by atoms with van der Waals surface area (Å²) in [5.41, 5.74) is 0.274. The van der Waals surface area contributed by atoms with Gasteiger partial charge in [-0.2, -0.15) is 9.97 Å². The minimum atomic E-state index is -2.21. The number of esters is 1. The molecule has 0 radical (unpaired) electrons. The van der Waals surface area contributed by atoms with E-state index < -0.39 is 24.1 Å². The third kappa shape index (κ3) is 5.95. The quantitative estimate of drug-likeness (QED) is 0.311. The molecule has 5 rings (SSSR count). The molecular weight excluding hydrogens is 515 g/mol. The lowest BCUT2D eigenvalue weighted by Gasteiger charge is -2.24. The van der Waals surface area contributed by atoms with Crippen molar-refractivity contribution in [2.45, 2.75) is 76.0 Å². The Labute approximate surface area is 233 Å². The largest absolute Gasteiger partial charge is 0.463 e. The van der Waals surface area contributed by atoms with Crippen molar-refractivity contribution in [3.63, 3.8) is 0 Å². The summed E-state index contributed by atoms with van der Waals surface area (Å²) in [5, 5.41) is 16.9. The molecule has 1 saturated carbocycles. The summed E-state index contributed by atoms with van der Waals surface area (Å²) in [6, 6.07) is 9.86. The van der Waals surface area contributed by atoms with Crippen LogP contribution < -0.4 is 10.6 Å². The zero-order chi connectivity index (χ0) is 28.3. The van der Waals surface area contributed by atoms with Gasteiger partial charge in [0.15, 0.2) is 28.9 Å². The first-order valence-electron chi connectivity index (χ1n) is 13.9. The molecule has 3 aromatic rings. The average Bonchev–Trinajstić information content (AvgIpc) is 3.45. The summed E-state index contributed by atoms with van der Waals surface area (Å²) in [5.74, 6) is 0.662. The van der Waals surface area contributed by atoms with Crippen LogP contribution in [0.4, 0.5) is 16.2 Å². The average molecular weight is 553 g/mol. The molecule has 3 N–H and O–H groups in total. The van der Waals surface area contributed by atoms with E-state index in [0.29, 0.717) is 41.4 Å². The van der Waals surface area contributed by atoms with Crippen LogP contribution in [0.25, 0.3) is 11.2 Å². The van der Waals surface area contributed by atoms with Gasteiger partial charge in [0.2, 0.25) is 5.95 Å². The van der Waals surface area contributed by atoms with E-state index in [0.717, 1.165) is 31.2 Å². The second kappa shape index (κ2) is 11.9. The molecule has 0 unspecified atom stereocenters. The summed E-state index contributed by atoms with van der Waals surface area (Å²) in [6.07, 6.45) is 3.98. The lowest BCUT2D eigenvalue weighted by molar-refractivity contribution is -0.151. The van der Waals surface area contributed by atoms with Gasteiger partial charge < -0.3 is 25.2 Å². The zero-order valence-corrected chi connectivity index (χ0v) is 23.0. The van der Waals surface area contributed by atoms with Crippen LogP contribution in [0.15, 0.2) is 48.9 Å². The Morgan fingerprint density at radius 1 is 1.25 bits per heavy atom. The maximum absolute atomic E-state index is 16.0. The number of aromatic nitrogens is 4. The van der Waals surface area contributed by atoms with Crippen LogP contribution in [0.5, 0.6) is 0 Å². The summed E-state index contributed by atoms with van der Waals surface area (Å²) in [4.78, 5) is 25.9. The van der Waals surface area contributed by atoms with Crippen LogP contribution in [-0.4, -0.2) is 62.1 Å². The second-order valence-corrected chi connectivity index (χ2v) is 10.9. The number of carbonyl (C=O) groups excluding carboxylic acids is 1. The number of anilines is 2. The van der Waals surface area contributed by atoms with Crippen molar-refractivity contribution in [1.29, 1.82) is 0 Å². The van der Waals surface area contributed by atoms with E-state index in [-0.39, 0.29) is 18.5 Å². The predicted octanol–water partition coefficient (Wildman–Crippen LogP) is 4.54. The van der Waals surface area contributed by atoms with Crippen molar-refractivity contribution in [3.05, 3.63) is 54.5 Å². The first-order chi connectivity index (χ1) is 19.3. The number of nitrogens with zero attached hydrogens (tertiary/aromatic N) is 4. The summed E-state index contributed by atoms with van der Waals surface area (Å²) < 4.78 is 28.8. The number of halogens is 1. The molecule has 1 saturated heterocycles. The number of benzene rings is 1. The smallest absolute Gasteiger partial charge is 0.306 e.